The number of allylic oxidation sites excluding steroid dienone is 1. The second kappa shape index (κ2) is 2.98. The van der Waals surface area contributed by atoms with Gasteiger partial charge in [-0.15, -0.1) is 0 Å². The first-order valence-electron chi connectivity index (χ1n) is 6.34. The van der Waals surface area contributed by atoms with Crippen LogP contribution in [0.1, 0.15) is 46.0 Å². The molecular weight excluding hydrogens is 200 g/mol. The summed E-state index contributed by atoms with van der Waals surface area (Å²) in [7, 11) is 0. The van der Waals surface area contributed by atoms with E-state index in [1.807, 2.05) is 0 Å². The summed E-state index contributed by atoms with van der Waals surface area (Å²) in [6.45, 7) is 8.25. The Morgan fingerprint density at radius 1 is 1.50 bits per heavy atom. The highest BCUT2D eigenvalue weighted by atomic mass is 16.6. The summed E-state index contributed by atoms with van der Waals surface area (Å²) in [5.41, 5.74) is 1.28. The Kier molecular flexibility index (Phi) is 1.96. The minimum atomic E-state index is -0.412. The Morgan fingerprint density at radius 3 is 2.94 bits per heavy atom. The molecule has 2 aliphatic carbocycles. The van der Waals surface area contributed by atoms with Gasteiger partial charge in [0, 0.05) is 0 Å². The number of Topliss-reactive ketones (excluding diaryl/α,β-unsaturated/α-hetero) is 1. The van der Waals surface area contributed by atoms with E-state index >= 15 is 0 Å². The van der Waals surface area contributed by atoms with Crippen LogP contribution in [0, 0.1) is 11.3 Å². The van der Waals surface area contributed by atoms with Gasteiger partial charge in [0.25, 0.3) is 0 Å². The third-order valence-corrected chi connectivity index (χ3v) is 5.15. The van der Waals surface area contributed by atoms with Crippen LogP contribution in [0.4, 0.5) is 0 Å². The molecule has 16 heavy (non-hydrogen) atoms. The van der Waals surface area contributed by atoms with Gasteiger partial charge in [0.2, 0.25) is 0 Å². The predicted octanol–water partition coefficient (Wildman–Crippen LogP) is 2.87. The predicted molar refractivity (Wildman–Crippen MR) is 62.1 cm³/mol. The number of fused-ring (bicyclic) bond motifs is 2. The normalized spacial score (nSPS) is 50.5. The van der Waals surface area contributed by atoms with Crippen LogP contribution in [0.15, 0.2) is 12.2 Å². The molecule has 0 spiro atoms. The van der Waals surface area contributed by atoms with E-state index in [-0.39, 0.29) is 11.9 Å². The number of carbonyl (C=O) groups is 1. The highest BCUT2D eigenvalue weighted by Crippen LogP contribution is 2.62. The Labute approximate surface area is 97.1 Å². The van der Waals surface area contributed by atoms with Crippen LogP contribution in [0.3, 0.4) is 0 Å². The molecule has 1 aliphatic heterocycles. The minimum absolute atomic E-state index is 0.206. The van der Waals surface area contributed by atoms with Crippen LogP contribution < -0.4 is 0 Å². The third kappa shape index (κ3) is 1.20. The number of carbonyl (C=O) groups excluding carboxylic acids is 1. The van der Waals surface area contributed by atoms with Crippen LogP contribution in [-0.2, 0) is 9.53 Å². The maximum atomic E-state index is 11.7. The molecule has 0 aromatic rings. The zero-order valence-electron chi connectivity index (χ0n) is 10.2. The maximum Gasteiger partial charge on any atom is 0.164 e. The van der Waals surface area contributed by atoms with Crippen molar-refractivity contribution in [2.75, 3.05) is 0 Å². The summed E-state index contributed by atoms with van der Waals surface area (Å²) in [6, 6.07) is 0. The van der Waals surface area contributed by atoms with Gasteiger partial charge >= 0.3 is 0 Å². The Balaban J connectivity index is 1.91. The van der Waals surface area contributed by atoms with Crippen molar-refractivity contribution in [1.82, 2.24) is 0 Å². The molecule has 0 N–H and O–H groups in total. The molecule has 0 bridgehead atoms. The zero-order chi connectivity index (χ0) is 11.6. The highest BCUT2D eigenvalue weighted by molar-refractivity contribution is 5.88. The minimum Gasteiger partial charge on any atom is -0.358 e. The lowest BCUT2D eigenvalue weighted by Gasteiger charge is -2.46. The molecule has 3 unspecified atom stereocenters. The second-order valence-corrected chi connectivity index (χ2v) is 6.18. The number of rotatable bonds is 1. The molecule has 4 atom stereocenters. The van der Waals surface area contributed by atoms with Crippen molar-refractivity contribution in [3.8, 4) is 0 Å². The number of ether oxygens (including phenoxy) is 1. The summed E-state index contributed by atoms with van der Waals surface area (Å²) in [4.78, 5) is 11.7. The van der Waals surface area contributed by atoms with Crippen LogP contribution in [0.5, 0.6) is 0 Å². The van der Waals surface area contributed by atoms with E-state index in [1.165, 1.54) is 18.4 Å². The molecule has 2 saturated carbocycles. The summed E-state index contributed by atoms with van der Waals surface area (Å²) in [5, 5.41) is 0. The van der Waals surface area contributed by atoms with E-state index in [1.54, 1.807) is 6.92 Å². The number of ketones is 1. The molecule has 3 fully saturated rings. The van der Waals surface area contributed by atoms with Gasteiger partial charge in [-0.05, 0) is 50.4 Å². The largest absolute Gasteiger partial charge is 0.358 e. The lowest BCUT2D eigenvalue weighted by atomic mass is 9.56. The molecule has 3 rings (SSSR count). The van der Waals surface area contributed by atoms with Crippen molar-refractivity contribution >= 4 is 5.78 Å². The van der Waals surface area contributed by atoms with Gasteiger partial charge in [-0.25, -0.2) is 0 Å². The van der Waals surface area contributed by atoms with E-state index < -0.39 is 5.60 Å². The first-order valence-corrected chi connectivity index (χ1v) is 6.34. The lowest BCUT2D eigenvalue weighted by Crippen LogP contribution is -2.44. The van der Waals surface area contributed by atoms with Crippen molar-refractivity contribution in [2.45, 2.75) is 57.7 Å². The van der Waals surface area contributed by atoms with Gasteiger partial charge < -0.3 is 4.74 Å². The first-order chi connectivity index (χ1) is 7.48. The van der Waals surface area contributed by atoms with Crippen molar-refractivity contribution < 1.29 is 9.53 Å². The fourth-order valence-electron chi connectivity index (χ4n) is 3.98. The number of epoxide rings is 1. The quantitative estimate of drug-likeness (QED) is 0.502. The summed E-state index contributed by atoms with van der Waals surface area (Å²) < 4.78 is 5.74. The molecular formula is C14H20O2. The molecule has 3 aliphatic rings. The van der Waals surface area contributed by atoms with E-state index in [0.717, 1.165) is 19.3 Å². The fourth-order valence-corrected chi connectivity index (χ4v) is 3.98. The average Bonchev–Trinajstić information content (AvgIpc) is 2.89. The monoisotopic (exact) mass is 220 g/mol. The van der Waals surface area contributed by atoms with E-state index in [9.17, 15) is 4.79 Å². The summed E-state index contributed by atoms with van der Waals surface area (Å²) in [6.07, 6.45) is 5.81. The average molecular weight is 220 g/mol. The van der Waals surface area contributed by atoms with Crippen LogP contribution in [0.25, 0.3) is 0 Å². The molecule has 0 amide bonds. The molecule has 1 saturated heterocycles. The van der Waals surface area contributed by atoms with Crippen molar-refractivity contribution in [3.05, 3.63) is 12.2 Å². The van der Waals surface area contributed by atoms with Crippen LogP contribution in [0.2, 0.25) is 0 Å². The van der Waals surface area contributed by atoms with Crippen molar-refractivity contribution in [3.63, 3.8) is 0 Å². The molecule has 2 nitrogen and oxygen atoms in total. The highest BCUT2D eigenvalue weighted by Gasteiger charge is 2.67. The SMILES string of the molecule is C=C1CCC[C@@]2(C)CC3OC3(C(C)=O)CC12. The number of hydrogen-bond donors (Lipinski definition) is 0. The smallest absolute Gasteiger partial charge is 0.164 e. The Bertz CT molecular complexity index is 373. The van der Waals surface area contributed by atoms with E-state index in [0.29, 0.717) is 11.3 Å². The Hall–Kier alpha value is -0.630. The van der Waals surface area contributed by atoms with E-state index in [4.69, 9.17) is 4.74 Å². The topological polar surface area (TPSA) is 29.6 Å². The van der Waals surface area contributed by atoms with Gasteiger partial charge in [0.05, 0.1) is 6.10 Å². The fraction of sp³-hybridized carbons (Fsp3) is 0.786. The van der Waals surface area contributed by atoms with Gasteiger partial charge in [-0.3, -0.25) is 4.79 Å². The standard InChI is InChI=1S/C14H20O2/c1-9-5-4-6-13(3)8-12-14(16-12,10(2)15)7-11(9)13/h11-12H,1,4-8H2,2-3H3/t11?,12?,13-,14?/m0/s1. The summed E-state index contributed by atoms with van der Waals surface area (Å²) >= 11 is 0. The van der Waals surface area contributed by atoms with Crippen LogP contribution in [-0.4, -0.2) is 17.5 Å². The van der Waals surface area contributed by atoms with Crippen LogP contribution >= 0.6 is 0 Å². The van der Waals surface area contributed by atoms with Crippen molar-refractivity contribution in [1.29, 1.82) is 0 Å². The Morgan fingerprint density at radius 2 is 2.25 bits per heavy atom. The molecule has 2 heteroatoms. The van der Waals surface area contributed by atoms with Gasteiger partial charge in [0.15, 0.2) is 11.4 Å². The molecule has 0 aromatic heterocycles. The van der Waals surface area contributed by atoms with Gasteiger partial charge in [-0.1, -0.05) is 19.1 Å². The molecule has 88 valence electrons. The molecule has 0 radical (unpaired) electrons. The lowest BCUT2D eigenvalue weighted by molar-refractivity contribution is -0.123. The zero-order valence-corrected chi connectivity index (χ0v) is 10.2. The van der Waals surface area contributed by atoms with Gasteiger partial charge in [0.1, 0.15) is 0 Å². The third-order valence-electron chi connectivity index (χ3n) is 5.15. The van der Waals surface area contributed by atoms with E-state index in [2.05, 4.69) is 13.5 Å². The maximum absolute atomic E-state index is 11.7. The number of hydrogen-bond acceptors (Lipinski definition) is 2. The second-order valence-electron chi connectivity index (χ2n) is 6.18. The summed E-state index contributed by atoms with van der Waals surface area (Å²) in [5.74, 6) is 0.724. The van der Waals surface area contributed by atoms with Gasteiger partial charge in [-0.2, -0.15) is 0 Å². The first kappa shape index (κ1) is 10.5. The molecule has 1 heterocycles. The van der Waals surface area contributed by atoms with Crippen molar-refractivity contribution in [2.24, 2.45) is 11.3 Å². The molecule has 0 aromatic carbocycles.